The standard InChI is InChI=1S/C15H22ClN3O3/c16-13-2-1-11(9-15(17)18-21)12(7-13)8-14(20)10-19-3-5-22-6-4-19/h1-2,7,14,20-21H,3-6,8-10H2,(H2,17,18). The van der Waals surface area contributed by atoms with Crippen molar-refractivity contribution in [3.05, 3.63) is 34.3 Å². The minimum atomic E-state index is -0.498. The molecule has 0 saturated carbocycles. The maximum absolute atomic E-state index is 10.3. The van der Waals surface area contributed by atoms with Crippen LogP contribution in [-0.2, 0) is 17.6 Å². The summed E-state index contributed by atoms with van der Waals surface area (Å²) in [5.41, 5.74) is 7.39. The third-order valence-corrected chi connectivity index (χ3v) is 3.93. The lowest BCUT2D eigenvalue weighted by Gasteiger charge is -2.28. The first kappa shape index (κ1) is 17.0. The molecule has 1 atom stereocenters. The van der Waals surface area contributed by atoms with Crippen LogP contribution in [0.1, 0.15) is 11.1 Å². The molecule has 0 aromatic heterocycles. The Hall–Kier alpha value is -1.34. The van der Waals surface area contributed by atoms with E-state index >= 15 is 0 Å². The molecule has 1 heterocycles. The molecule has 2 rings (SSSR count). The Morgan fingerprint density at radius 3 is 2.77 bits per heavy atom. The summed E-state index contributed by atoms with van der Waals surface area (Å²) < 4.78 is 5.30. The van der Waals surface area contributed by atoms with E-state index in [-0.39, 0.29) is 5.84 Å². The van der Waals surface area contributed by atoms with E-state index in [1.54, 1.807) is 6.07 Å². The van der Waals surface area contributed by atoms with Gasteiger partial charge in [-0.25, -0.2) is 0 Å². The minimum Gasteiger partial charge on any atom is -0.409 e. The van der Waals surface area contributed by atoms with Gasteiger partial charge in [-0.15, -0.1) is 0 Å². The Balaban J connectivity index is 2.01. The molecular formula is C15H22ClN3O3. The maximum Gasteiger partial charge on any atom is 0.143 e. The van der Waals surface area contributed by atoms with E-state index < -0.39 is 6.10 Å². The van der Waals surface area contributed by atoms with Gasteiger partial charge >= 0.3 is 0 Å². The molecule has 0 bridgehead atoms. The summed E-state index contributed by atoms with van der Waals surface area (Å²) >= 11 is 6.04. The second-order valence-electron chi connectivity index (χ2n) is 5.45. The number of rotatable bonds is 6. The number of oxime groups is 1. The fourth-order valence-corrected chi connectivity index (χ4v) is 2.78. The van der Waals surface area contributed by atoms with Crippen molar-refractivity contribution in [3.8, 4) is 0 Å². The molecule has 1 aromatic rings. The van der Waals surface area contributed by atoms with E-state index in [2.05, 4.69) is 10.1 Å². The molecule has 4 N–H and O–H groups in total. The van der Waals surface area contributed by atoms with Crippen LogP contribution >= 0.6 is 11.6 Å². The Morgan fingerprint density at radius 2 is 2.09 bits per heavy atom. The first-order valence-corrected chi connectivity index (χ1v) is 7.68. The zero-order chi connectivity index (χ0) is 15.9. The van der Waals surface area contributed by atoms with Crippen LogP contribution in [0.3, 0.4) is 0 Å². The van der Waals surface area contributed by atoms with E-state index in [9.17, 15) is 5.11 Å². The Morgan fingerprint density at radius 1 is 1.36 bits per heavy atom. The van der Waals surface area contributed by atoms with Gasteiger partial charge in [-0.05, 0) is 29.7 Å². The average Bonchev–Trinajstić information content (AvgIpc) is 2.50. The first-order valence-electron chi connectivity index (χ1n) is 7.30. The SMILES string of the molecule is NC(Cc1ccc(Cl)cc1CC(O)CN1CCOCC1)=NO. The van der Waals surface area contributed by atoms with E-state index in [0.29, 0.717) is 37.6 Å². The highest BCUT2D eigenvalue weighted by atomic mass is 35.5. The molecule has 1 unspecified atom stereocenters. The molecule has 0 aliphatic carbocycles. The fraction of sp³-hybridized carbons (Fsp3) is 0.533. The van der Waals surface area contributed by atoms with Gasteiger partial charge in [0.15, 0.2) is 0 Å². The molecule has 1 aliphatic rings. The number of hydrogen-bond acceptors (Lipinski definition) is 5. The summed E-state index contributed by atoms with van der Waals surface area (Å²) in [7, 11) is 0. The Labute approximate surface area is 135 Å². The van der Waals surface area contributed by atoms with Gasteiger partial charge in [0.2, 0.25) is 0 Å². The number of morpholine rings is 1. The topological polar surface area (TPSA) is 91.3 Å². The summed E-state index contributed by atoms with van der Waals surface area (Å²) in [4.78, 5) is 2.18. The Bertz CT molecular complexity index is 519. The van der Waals surface area contributed by atoms with Gasteiger partial charge in [-0.2, -0.15) is 0 Å². The molecule has 22 heavy (non-hydrogen) atoms. The number of nitrogens with zero attached hydrogens (tertiary/aromatic N) is 2. The Kier molecular flexibility index (Phi) is 6.45. The van der Waals surface area contributed by atoms with Crippen LogP contribution in [0.25, 0.3) is 0 Å². The van der Waals surface area contributed by atoms with Crippen molar-refractivity contribution < 1.29 is 15.1 Å². The second-order valence-corrected chi connectivity index (χ2v) is 5.89. The van der Waals surface area contributed by atoms with Crippen molar-refractivity contribution in [1.82, 2.24) is 4.90 Å². The average molecular weight is 328 g/mol. The van der Waals surface area contributed by atoms with Gasteiger partial charge < -0.3 is 20.8 Å². The van der Waals surface area contributed by atoms with Crippen LogP contribution < -0.4 is 5.73 Å². The van der Waals surface area contributed by atoms with Crippen molar-refractivity contribution in [2.45, 2.75) is 18.9 Å². The molecular weight excluding hydrogens is 306 g/mol. The number of aliphatic hydroxyl groups excluding tert-OH is 1. The van der Waals surface area contributed by atoms with Crippen molar-refractivity contribution in [3.63, 3.8) is 0 Å². The van der Waals surface area contributed by atoms with E-state index in [1.165, 1.54) is 0 Å². The molecule has 6 nitrogen and oxygen atoms in total. The summed E-state index contributed by atoms with van der Waals surface area (Å²) in [5.74, 6) is 0.131. The number of amidine groups is 1. The van der Waals surface area contributed by atoms with Crippen molar-refractivity contribution in [2.75, 3.05) is 32.8 Å². The number of nitrogens with two attached hydrogens (primary N) is 1. The van der Waals surface area contributed by atoms with Crippen molar-refractivity contribution in [2.24, 2.45) is 10.9 Å². The lowest BCUT2D eigenvalue weighted by molar-refractivity contribution is 0.0149. The normalized spacial score (nSPS) is 18.4. The fourth-order valence-electron chi connectivity index (χ4n) is 2.59. The smallest absolute Gasteiger partial charge is 0.143 e. The van der Waals surface area contributed by atoms with Crippen LogP contribution in [0, 0.1) is 0 Å². The molecule has 1 saturated heterocycles. The molecule has 0 spiro atoms. The molecule has 1 aliphatic heterocycles. The van der Waals surface area contributed by atoms with Gasteiger partial charge in [0.05, 0.1) is 19.3 Å². The summed E-state index contributed by atoms with van der Waals surface area (Å²) in [5, 5.41) is 22.6. The molecule has 7 heteroatoms. The van der Waals surface area contributed by atoms with Crippen LogP contribution in [0.4, 0.5) is 0 Å². The number of ether oxygens (including phenoxy) is 1. The van der Waals surface area contributed by atoms with E-state index in [1.807, 2.05) is 12.1 Å². The monoisotopic (exact) mass is 327 g/mol. The lowest BCUT2D eigenvalue weighted by Crippen LogP contribution is -2.41. The summed E-state index contributed by atoms with van der Waals surface area (Å²) in [6.45, 7) is 3.68. The van der Waals surface area contributed by atoms with E-state index in [0.717, 1.165) is 24.2 Å². The van der Waals surface area contributed by atoms with Crippen LogP contribution in [0.2, 0.25) is 5.02 Å². The highest BCUT2D eigenvalue weighted by Crippen LogP contribution is 2.19. The van der Waals surface area contributed by atoms with Crippen LogP contribution in [-0.4, -0.2) is 60.0 Å². The highest BCUT2D eigenvalue weighted by Gasteiger charge is 2.17. The molecule has 1 fully saturated rings. The van der Waals surface area contributed by atoms with Crippen LogP contribution in [0.15, 0.2) is 23.4 Å². The third kappa shape index (κ3) is 5.14. The quantitative estimate of drug-likeness (QED) is 0.312. The number of β-amino-alcohol motifs (C(OH)–C–C–N with tert-alkyl or cyclic N) is 1. The molecule has 0 amide bonds. The summed E-state index contributed by atoms with van der Waals surface area (Å²) in [6.07, 6.45) is 0.307. The predicted molar refractivity (Wildman–Crippen MR) is 85.5 cm³/mol. The van der Waals surface area contributed by atoms with Gasteiger partial charge in [-0.1, -0.05) is 22.8 Å². The third-order valence-electron chi connectivity index (χ3n) is 3.70. The lowest BCUT2D eigenvalue weighted by atomic mass is 9.98. The summed E-state index contributed by atoms with van der Waals surface area (Å²) in [6, 6.07) is 5.43. The number of halogens is 1. The number of benzene rings is 1. The predicted octanol–water partition coefficient (Wildman–Crippen LogP) is 0.865. The minimum absolute atomic E-state index is 0.131. The van der Waals surface area contributed by atoms with Gasteiger partial charge in [0.1, 0.15) is 5.84 Å². The maximum atomic E-state index is 10.3. The van der Waals surface area contributed by atoms with E-state index in [4.69, 9.17) is 27.3 Å². The van der Waals surface area contributed by atoms with Gasteiger partial charge in [0.25, 0.3) is 0 Å². The largest absolute Gasteiger partial charge is 0.409 e. The van der Waals surface area contributed by atoms with Gasteiger partial charge in [0, 0.05) is 31.1 Å². The zero-order valence-corrected chi connectivity index (χ0v) is 13.2. The number of aliphatic hydroxyl groups is 1. The van der Waals surface area contributed by atoms with Crippen LogP contribution in [0.5, 0.6) is 0 Å². The highest BCUT2D eigenvalue weighted by molar-refractivity contribution is 6.30. The second kappa shape index (κ2) is 8.33. The zero-order valence-electron chi connectivity index (χ0n) is 12.4. The molecule has 122 valence electrons. The number of hydrogen-bond donors (Lipinski definition) is 3. The molecule has 1 aromatic carbocycles. The van der Waals surface area contributed by atoms with Crippen molar-refractivity contribution in [1.29, 1.82) is 0 Å². The van der Waals surface area contributed by atoms with Crippen molar-refractivity contribution >= 4 is 17.4 Å². The van der Waals surface area contributed by atoms with Gasteiger partial charge in [-0.3, -0.25) is 4.90 Å². The first-order chi connectivity index (χ1) is 10.6. The molecule has 0 radical (unpaired) electrons.